The number of amides is 1. The van der Waals surface area contributed by atoms with Crippen molar-refractivity contribution < 1.29 is 24.6 Å². The molecule has 0 fully saturated rings. The minimum atomic E-state index is -1.01. The summed E-state index contributed by atoms with van der Waals surface area (Å²) in [4.78, 5) is 38.5. The molecule has 1 atom stereocenters. The molecule has 0 heterocycles. The van der Waals surface area contributed by atoms with Crippen LogP contribution in [0.2, 0.25) is 0 Å². The van der Waals surface area contributed by atoms with E-state index in [-0.39, 0.29) is 19.6 Å². The van der Waals surface area contributed by atoms with Crippen molar-refractivity contribution in [3.63, 3.8) is 0 Å². The molecule has 10 heteroatoms. The molecule has 0 aromatic heterocycles. The first-order valence-corrected chi connectivity index (χ1v) is 4.23. The molecule has 16 heavy (non-hydrogen) atoms. The van der Waals surface area contributed by atoms with Gasteiger partial charge in [0.2, 0.25) is 5.91 Å². The van der Waals surface area contributed by atoms with Gasteiger partial charge in [-0.2, -0.15) is 0 Å². The van der Waals surface area contributed by atoms with Gasteiger partial charge >= 0.3 is 0 Å². The molecule has 0 rings (SSSR count). The summed E-state index contributed by atoms with van der Waals surface area (Å²) in [5.41, 5.74) is 0. The summed E-state index contributed by atoms with van der Waals surface area (Å²) in [5.74, 6) is -0.418. The number of rotatable bonds is 8. The molecule has 0 aromatic rings. The number of carbonyl (C=O) groups excluding carboxylic acids is 1. The highest BCUT2D eigenvalue weighted by Gasteiger charge is 2.12. The molecule has 0 spiro atoms. The number of hydrogen-bond donors (Lipinski definition) is 1. The van der Waals surface area contributed by atoms with E-state index in [2.05, 4.69) is 15.0 Å². The van der Waals surface area contributed by atoms with Gasteiger partial charge in [-0.1, -0.05) is 0 Å². The van der Waals surface area contributed by atoms with Crippen molar-refractivity contribution in [2.45, 2.75) is 19.4 Å². The van der Waals surface area contributed by atoms with Gasteiger partial charge in [0, 0.05) is 6.92 Å². The third kappa shape index (κ3) is 8.47. The van der Waals surface area contributed by atoms with Crippen LogP contribution in [0.1, 0.15) is 13.3 Å². The van der Waals surface area contributed by atoms with Crippen LogP contribution in [0.15, 0.2) is 0 Å². The van der Waals surface area contributed by atoms with Gasteiger partial charge in [-0.25, -0.2) is 0 Å². The second kappa shape index (κ2) is 7.20. The standard InChI is InChI=1S/C6H11N3O7/c1-5(10)7-6(4-16-9(13)14)2-3-15-8(11)12/h6H,2-4H2,1H3,(H,7,10)/t6-/m0/s1. The first-order valence-electron chi connectivity index (χ1n) is 4.23. The Labute approximate surface area is 89.7 Å². The SMILES string of the molecule is CC(=O)N[C@@H](CCO[N+](=O)[O-])CO[N+](=O)[O-]. The molecule has 0 radical (unpaired) electrons. The summed E-state index contributed by atoms with van der Waals surface area (Å²) in [7, 11) is 0. The van der Waals surface area contributed by atoms with Gasteiger partial charge in [-0.3, -0.25) is 4.79 Å². The molecule has 0 saturated carbocycles. The Morgan fingerprint density at radius 3 is 2.31 bits per heavy atom. The zero-order valence-electron chi connectivity index (χ0n) is 8.45. The summed E-state index contributed by atoms with van der Waals surface area (Å²) < 4.78 is 0. The highest BCUT2D eigenvalue weighted by molar-refractivity contribution is 5.73. The Balaban J connectivity index is 3.94. The monoisotopic (exact) mass is 237 g/mol. The smallest absolute Gasteiger partial charge is 0.294 e. The predicted molar refractivity (Wildman–Crippen MR) is 48.1 cm³/mol. The molecule has 0 aliphatic heterocycles. The third-order valence-corrected chi connectivity index (χ3v) is 1.45. The van der Waals surface area contributed by atoms with E-state index in [9.17, 15) is 25.0 Å². The zero-order valence-corrected chi connectivity index (χ0v) is 8.45. The van der Waals surface area contributed by atoms with Gasteiger partial charge in [-0.05, 0) is 6.42 Å². The van der Waals surface area contributed by atoms with Gasteiger partial charge in [0.1, 0.15) is 6.61 Å². The van der Waals surface area contributed by atoms with Gasteiger partial charge in [-0.15, -0.1) is 20.2 Å². The second-order valence-electron chi connectivity index (χ2n) is 2.76. The van der Waals surface area contributed by atoms with Crippen LogP contribution in [0.3, 0.4) is 0 Å². The highest BCUT2D eigenvalue weighted by Crippen LogP contribution is 1.95. The number of nitrogens with one attached hydrogen (secondary N) is 1. The molecule has 1 amide bonds. The Hall–Kier alpha value is -2.13. The molecule has 1 N–H and O–H groups in total. The van der Waals surface area contributed by atoms with Crippen LogP contribution in [0.5, 0.6) is 0 Å². The normalized spacial score (nSPS) is 11.3. The van der Waals surface area contributed by atoms with Gasteiger partial charge in [0.15, 0.2) is 0 Å². The second-order valence-corrected chi connectivity index (χ2v) is 2.76. The Kier molecular flexibility index (Phi) is 6.24. The first kappa shape index (κ1) is 13.9. The first-order chi connectivity index (χ1) is 7.41. The number of hydrogen-bond acceptors (Lipinski definition) is 7. The lowest BCUT2D eigenvalue weighted by Crippen LogP contribution is -2.38. The van der Waals surface area contributed by atoms with Crippen molar-refractivity contribution in [3.8, 4) is 0 Å². The maximum absolute atomic E-state index is 10.7. The molecule has 92 valence electrons. The van der Waals surface area contributed by atoms with Crippen LogP contribution in [-0.4, -0.2) is 35.3 Å². The lowest BCUT2D eigenvalue weighted by atomic mass is 10.2. The van der Waals surface area contributed by atoms with Crippen LogP contribution in [-0.2, 0) is 14.5 Å². The van der Waals surface area contributed by atoms with E-state index in [4.69, 9.17) is 0 Å². The largest absolute Gasteiger partial charge is 0.352 e. The Bertz CT molecular complexity index is 269. The molecular weight excluding hydrogens is 226 g/mol. The Morgan fingerprint density at radius 1 is 1.31 bits per heavy atom. The zero-order chi connectivity index (χ0) is 12.6. The fraction of sp³-hybridized carbons (Fsp3) is 0.833. The highest BCUT2D eigenvalue weighted by atomic mass is 17.0. The number of carbonyl (C=O) groups is 1. The summed E-state index contributed by atoms with van der Waals surface area (Å²) in [6, 6.07) is -0.706. The van der Waals surface area contributed by atoms with Crippen molar-refractivity contribution >= 4 is 5.91 Å². The van der Waals surface area contributed by atoms with Crippen LogP contribution in [0.4, 0.5) is 0 Å². The van der Waals surface area contributed by atoms with Crippen LogP contribution in [0.25, 0.3) is 0 Å². The molecular formula is C6H11N3O7. The lowest BCUT2D eigenvalue weighted by Gasteiger charge is -2.15. The van der Waals surface area contributed by atoms with E-state index < -0.39 is 22.1 Å². The van der Waals surface area contributed by atoms with Gasteiger partial charge in [0.25, 0.3) is 10.2 Å². The topological polar surface area (TPSA) is 134 Å². The molecule has 0 saturated heterocycles. The van der Waals surface area contributed by atoms with E-state index in [0.29, 0.717) is 0 Å². The van der Waals surface area contributed by atoms with Crippen molar-refractivity contribution in [1.82, 2.24) is 5.32 Å². The number of nitrogens with zero attached hydrogens (tertiary/aromatic N) is 2. The van der Waals surface area contributed by atoms with Gasteiger partial charge in [0.05, 0.1) is 12.6 Å². The third-order valence-electron chi connectivity index (χ3n) is 1.45. The van der Waals surface area contributed by atoms with Crippen molar-refractivity contribution in [2.24, 2.45) is 0 Å². The quantitative estimate of drug-likeness (QED) is 0.435. The molecule has 0 aliphatic rings. The minimum absolute atomic E-state index is 0.0361. The molecule has 10 nitrogen and oxygen atoms in total. The summed E-state index contributed by atoms with van der Waals surface area (Å²) in [6.45, 7) is 0.556. The van der Waals surface area contributed by atoms with Crippen molar-refractivity contribution in [1.29, 1.82) is 0 Å². The average molecular weight is 237 g/mol. The van der Waals surface area contributed by atoms with Gasteiger partial charge < -0.3 is 15.0 Å². The fourth-order valence-electron chi connectivity index (χ4n) is 0.905. The molecule has 0 unspecified atom stereocenters. The Morgan fingerprint density at radius 2 is 1.88 bits per heavy atom. The predicted octanol–water partition coefficient (Wildman–Crippen LogP) is -0.702. The van der Waals surface area contributed by atoms with E-state index in [1.807, 2.05) is 0 Å². The minimum Gasteiger partial charge on any atom is -0.352 e. The maximum atomic E-state index is 10.7. The van der Waals surface area contributed by atoms with Crippen LogP contribution < -0.4 is 5.32 Å². The summed E-state index contributed by atoms with van der Waals surface area (Å²) in [5, 5.41) is 20.1. The summed E-state index contributed by atoms with van der Waals surface area (Å²) >= 11 is 0. The molecule has 0 bridgehead atoms. The van der Waals surface area contributed by atoms with Crippen LogP contribution in [0, 0.1) is 20.2 Å². The van der Waals surface area contributed by atoms with E-state index in [1.54, 1.807) is 0 Å². The molecule has 0 aliphatic carbocycles. The van der Waals surface area contributed by atoms with Crippen LogP contribution >= 0.6 is 0 Å². The average Bonchev–Trinajstić information content (AvgIpc) is 2.12. The molecule has 0 aromatic carbocycles. The van der Waals surface area contributed by atoms with E-state index >= 15 is 0 Å². The van der Waals surface area contributed by atoms with E-state index in [0.717, 1.165) is 0 Å². The van der Waals surface area contributed by atoms with E-state index in [1.165, 1.54) is 6.92 Å². The maximum Gasteiger partial charge on any atom is 0.294 e. The lowest BCUT2D eigenvalue weighted by molar-refractivity contribution is -0.761. The fourth-order valence-corrected chi connectivity index (χ4v) is 0.905. The van der Waals surface area contributed by atoms with Crippen molar-refractivity contribution in [3.05, 3.63) is 20.2 Å². The van der Waals surface area contributed by atoms with Crippen molar-refractivity contribution in [2.75, 3.05) is 13.2 Å². The summed E-state index contributed by atoms with van der Waals surface area (Å²) in [6.07, 6.45) is 0.0361.